The van der Waals surface area contributed by atoms with E-state index >= 15 is 0 Å². The lowest BCUT2D eigenvalue weighted by Crippen LogP contribution is -2.67. The number of rotatable bonds is 7. The molecule has 4 N–H and O–H groups in total. The predicted molar refractivity (Wildman–Crippen MR) is 147 cm³/mol. The number of aliphatic hydroxyl groups excluding tert-OH is 3. The summed E-state index contributed by atoms with van der Waals surface area (Å²) in [7, 11) is -5.92. The smallest absolute Gasteiger partial charge is 0.395 e. The molecule has 0 bridgehead atoms. The van der Waals surface area contributed by atoms with Crippen LogP contribution in [0, 0.1) is 17.5 Å². The van der Waals surface area contributed by atoms with Crippen LogP contribution in [0.5, 0.6) is 0 Å². The lowest BCUT2D eigenvalue weighted by molar-refractivity contribution is -0.139. The highest BCUT2D eigenvalue weighted by Crippen LogP contribution is 2.60. The number of alkyl halides is 3. The SMILES string of the molecule is CS(=O)(=O)N1CC(O)([C@@H](c2ccccc2C(F)(F)F)[SH]2C[C@H](O)[C@H](n3cc(-c4cc(F)c(F)c(F)c4)nn3)[C@@H](O)[C@H]2CO)C1. The Labute approximate surface area is 249 Å². The van der Waals surface area contributed by atoms with Crippen LogP contribution in [0.25, 0.3) is 11.3 Å². The Bertz CT molecular complexity index is 1630. The Hall–Kier alpha value is -2.74. The van der Waals surface area contributed by atoms with Gasteiger partial charge in [0.2, 0.25) is 10.0 Å². The van der Waals surface area contributed by atoms with Crippen LogP contribution in [-0.2, 0) is 16.2 Å². The molecule has 6 atom stereocenters. The summed E-state index contributed by atoms with van der Waals surface area (Å²) in [6.45, 7) is -1.89. The van der Waals surface area contributed by atoms with Gasteiger partial charge in [0, 0.05) is 34.9 Å². The molecule has 5 rings (SSSR count). The standard InChI is InChI=1S/C26H28F6N4O6S2/c1-44(41,42)35-11-25(40,12-35)24(14-4-2-3-5-15(14)26(30,31)32)43-10-19(38)22(23(39)20(43)9-37)36-8-18(33-34-36)13-6-16(27)21(29)17(28)7-13/h2-8,19-20,22-24,37-40,43H,9-12H2,1H3/t19-,20+,22-,23-,24+/m0/s1. The van der Waals surface area contributed by atoms with Crippen molar-refractivity contribution in [2.45, 2.75) is 40.5 Å². The van der Waals surface area contributed by atoms with Crippen molar-refractivity contribution in [2.75, 3.05) is 31.7 Å². The summed E-state index contributed by atoms with van der Waals surface area (Å²) in [4.78, 5) is 0. The number of hydrogen-bond acceptors (Lipinski definition) is 8. The summed E-state index contributed by atoms with van der Waals surface area (Å²) in [5.41, 5.74) is -3.87. The number of aromatic nitrogens is 3. The first-order chi connectivity index (χ1) is 20.5. The highest BCUT2D eigenvalue weighted by molar-refractivity contribution is 8.18. The number of β-amino-alcohol motifs (C(OH)–C–C–N with tert-alkyl or cyclic N) is 1. The average molecular weight is 671 g/mol. The van der Waals surface area contributed by atoms with Crippen molar-refractivity contribution in [2.24, 2.45) is 0 Å². The third-order valence-corrected chi connectivity index (χ3v) is 12.8. The number of thiol groups is 1. The summed E-state index contributed by atoms with van der Waals surface area (Å²) in [5.74, 6) is -5.01. The van der Waals surface area contributed by atoms with Gasteiger partial charge in [-0.15, -0.1) is 5.10 Å². The maximum atomic E-state index is 14.2. The molecular weight excluding hydrogens is 642 g/mol. The van der Waals surface area contributed by atoms with Gasteiger partial charge < -0.3 is 20.4 Å². The average Bonchev–Trinajstić information content (AvgIpc) is 3.39. The van der Waals surface area contributed by atoms with Crippen molar-refractivity contribution >= 4 is 20.9 Å². The van der Waals surface area contributed by atoms with E-state index in [-0.39, 0.29) is 22.6 Å². The minimum absolute atomic E-state index is 0.155. The first-order valence-corrected chi connectivity index (χ1v) is 16.6. The number of aliphatic hydroxyl groups is 4. The highest BCUT2D eigenvalue weighted by atomic mass is 32.2. The Morgan fingerprint density at radius 3 is 2.30 bits per heavy atom. The molecule has 3 aromatic rings. The van der Waals surface area contributed by atoms with Crippen LogP contribution in [0.4, 0.5) is 26.3 Å². The second-order valence-electron chi connectivity index (χ2n) is 11.0. The molecule has 2 saturated heterocycles. The Kier molecular flexibility index (Phi) is 8.58. The third-order valence-electron chi connectivity index (χ3n) is 8.02. The second-order valence-corrected chi connectivity index (χ2v) is 15.5. The molecule has 3 heterocycles. The zero-order chi connectivity index (χ0) is 32.4. The topological polar surface area (TPSA) is 149 Å². The predicted octanol–water partition coefficient (Wildman–Crippen LogP) is 1.77. The van der Waals surface area contributed by atoms with E-state index in [0.717, 1.165) is 39.6 Å². The Morgan fingerprint density at radius 2 is 1.73 bits per heavy atom. The van der Waals surface area contributed by atoms with E-state index in [0.29, 0.717) is 12.1 Å². The first kappa shape index (κ1) is 32.6. The number of benzene rings is 2. The van der Waals surface area contributed by atoms with E-state index in [1.54, 1.807) is 0 Å². The van der Waals surface area contributed by atoms with Gasteiger partial charge in [0.15, 0.2) is 17.5 Å². The van der Waals surface area contributed by atoms with Crippen molar-refractivity contribution in [3.05, 3.63) is 71.2 Å². The summed E-state index contributed by atoms with van der Waals surface area (Å²) < 4.78 is 110. The molecule has 2 aliphatic rings. The van der Waals surface area contributed by atoms with Crippen molar-refractivity contribution in [3.8, 4) is 11.3 Å². The maximum Gasteiger partial charge on any atom is 0.416 e. The highest BCUT2D eigenvalue weighted by Gasteiger charge is 2.58. The van der Waals surface area contributed by atoms with Gasteiger partial charge in [-0.3, -0.25) is 0 Å². The molecule has 242 valence electrons. The molecule has 2 aromatic carbocycles. The minimum Gasteiger partial charge on any atom is -0.395 e. The molecular formula is C26H28F6N4O6S2. The second kappa shape index (κ2) is 11.6. The fraction of sp³-hybridized carbons (Fsp3) is 0.462. The van der Waals surface area contributed by atoms with Gasteiger partial charge in [-0.2, -0.15) is 17.5 Å². The minimum atomic E-state index is -4.87. The molecule has 18 heteroatoms. The lowest BCUT2D eigenvalue weighted by atomic mass is 9.86. The quantitative estimate of drug-likeness (QED) is 0.145. The first-order valence-electron chi connectivity index (χ1n) is 13.1. The van der Waals surface area contributed by atoms with E-state index in [2.05, 4.69) is 10.3 Å². The molecule has 44 heavy (non-hydrogen) atoms. The van der Waals surface area contributed by atoms with Crippen molar-refractivity contribution < 1.29 is 55.2 Å². The van der Waals surface area contributed by atoms with Crippen LogP contribution < -0.4 is 0 Å². The molecule has 2 fully saturated rings. The lowest BCUT2D eigenvalue weighted by Gasteiger charge is -2.56. The molecule has 1 aromatic heterocycles. The van der Waals surface area contributed by atoms with E-state index in [9.17, 15) is 55.2 Å². The van der Waals surface area contributed by atoms with E-state index in [1.165, 1.54) is 6.07 Å². The van der Waals surface area contributed by atoms with Crippen LogP contribution in [-0.4, -0.2) is 103 Å². The summed E-state index contributed by atoms with van der Waals surface area (Å²) in [6, 6.07) is 4.39. The molecule has 0 amide bonds. The number of nitrogens with zero attached hydrogens (tertiary/aromatic N) is 4. The normalized spacial score (nSPS) is 27.6. The summed E-state index contributed by atoms with van der Waals surface area (Å²) in [6.07, 6.45) is -6.09. The van der Waals surface area contributed by atoms with Crippen molar-refractivity contribution in [1.29, 1.82) is 0 Å². The number of halogens is 6. The third kappa shape index (κ3) is 5.83. The van der Waals surface area contributed by atoms with Gasteiger partial charge in [-0.25, -0.2) is 37.2 Å². The zero-order valence-electron chi connectivity index (χ0n) is 22.8. The Morgan fingerprint density at radius 1 is 1.11 bits per heavy atom. The molecule has 0 spiro atoms. The van der Waals surface area contributed by atoms with Crippen LogP contribution in [0.1, 0.15) is 22.4 Å². The van der Waals surface area contributed by atoms with Gasteiger partial charge in [0.05, 0.1) is 36.8 Å². The molecule has 1 unspecified atom stereocenters. The monoisotopic (exact) mass is 670 g/mol. The summed E-state index contributed by atoms with van der Waals surface area (Å²) >= 11 is 0. The number of sulfonamides is 1. The van der Waals surface area contributed by atoms with Crippen LogP contribution >= 0.6 is 10.9 Å². The molecule has 10 nitrogen and oxygen atoms in total. The zero-order valence-corrected chi connectivity index (χ0v) is 24.5. The molecule has 0 saturated carbocycles. The van der Waals surface area contributed by atoms with Crippen molar-refractivity contribution in [3.63, 3.8) is 0 Å². The fourth-order valence-electron chi connectivity index (χ4n) is 5.95. The van der Waals surface area contributed by atoms with Gasteiger partial charge in [0.1, 0.15) is 17.3 Å². The van der Waals surface area contributed by atoms with Crippen LogP contribution in [0.3, 0.4) is 0 Å². The van der Waals surface area contributed by atoms with Gasteiger partial charge in [-0.05, 0) is 23.8 Å². The molecule has 0 radical (unpaired) electrons. The largest absolute Gasteiger partial charge is 0.416 e. The van der Waals surface area contributed by atoms with Crippen LogP contribution in [0.2, 0.25) is 0 Å². The van der Waals surface area contributed by atoms with E-state index in [4.69, 9.17) is 0 Å². The van der Waals surface area contributed by atoms with E-state index < -0.39 is 104 Å². The fourth-order valence-corrected chi connectivity index (χ4v) is 10.5. The molecule has 0 aliphatic carbocycles. The van der Waals surface area contributed by atoms with Crippen LogP contribution in [0.15, 0.2) is 42.6 Å². The van der Waals surface area contributed by atoms with Gasteiger partial charge in [-0.1, -0.05) is 23.4 Å². The maximum absolute atomic E-state index is 14.2. The van der Waals surface area contributed by atoms with Gasteiger partial charge in [0.25, 0.3) is 0 Å². The van der Waals surface area contributed by atoms with Crippen molar-refractivity contribution in [1.82, 2.24) is 19.3 Å². The molecule has 2 aliphatic heterocycles. The summed E-state index contributed by atoms with van der Waals surface area (Å²) in [5, 5.41) is 49.7. The van der Waals surface area contributed by atoms with E-state index in [1.807, 2.05) is 0 Å². The Balaban J connectivity index is 1.53. The van der Waals surface area contributed by atoms with Gasteiger partial charge >= 0.3 is 6.18 Å². The number of hydrogen-bond donors (Lipinski definition) is 5.